The molecule has 0 nitrogen and oxygen atoms in total. The van der Waals surface area contributed by atoms with Crippen LogP contribution in [0.1, 0.15) is 93.9 Å². The molecule has 2 fully saturated rings. The van der Waals surface area contributed by atoms with E-state index in [1.165, 1.54) is 59.1 Å². The first-order valence-corrected chi connectivity index (χ1v) is 15.3. The molecule has 0 amide bonds. The average Bonchev–Trinajstić information content (AvgIpc) is 2.85. The standard InChI is InChI=1S/C40H56/c1-31(19-13-21-33(3)25-27-37-35(5)23-15-29-39(37,7)8)17-11-12-18-32(2)20-14-22-34(4)26-28-38-36(6)24-16-30-40(38,9)10/h11-14,17-22,25-28,37-38H,5-6,15-16,23-24,29-30H2,1-4,7-10H3/b12-11+,19-13+,20-14+,27-25+,28-26+,31-17+,32-18+,33-21+,34-22+/t37-,38-/m0/s1. The number of allylic oxidation sites excluding steroid dienone is 20. The largest absolute Gasteiger partial charge is 0.0992 e. The second-order valence-electron chi connectivity index (χ2n) is 13.4. The van der Waals surface area contributed by atoms with Crippen molar-refractivity contribution in [1.82, 2.24) is 0 Å². The molecule has 0 N–H and O–H groups in total. The first-order valence-electron chi connectivity index (χ1n) is 15.3. The van der Waals surface area contributed by atoms with Crippen LogP contribution in [0.25, 0.3) is 0 Å². The molecule has 0 aromatic rings. The molecule has 0 heteroatoms. The summed E-state index contributed by atoms with van der Waals surface area (Å²) in [6.07, 6.45) is 38.1. The minimum Gasteiger partial charge on any atom is -0.0992 e. The van der Waals surface area contributed by atoms with Crippen LogP contribution in [0.4, 0.5) is 0 Å². The predicted octanol–water partition coefficient (Wildman–Crippen LogP) is 12.3. The molecule has 0 saturated heterocycles. The van der Waals surface area contributed by atoms with E-state index in [4.69, 9.17) is 0 Å². The third-order valence-corrected chi connectivity index (χ3v) is 8.57. The molecule has 2 rings (SSSR count). The summed E-state index contributed by atoms with van der Waals surface area (Å²) in [6.45, 7) is 26.8. The smallest absolute Gasteiger partial charge is 0.00285 e. The Morgan fingerprint density at radius 3 is 1.23 bits per heavy atom. The highest BCUT2D eigenvalue weighted by Gasteiger charge is 2.33. The molecule has 0 bridgehead atoms. The van der Waals surface area contributed by atoms with Gasteiger partial charge in [-0.2, -0.15) is 0 Å². The van der Waals surface area contributed by atoms with Crippen LogP contribution in [0.2, 0.25) is 0 Å². The first kappa shape index (κ1) is 33.3. The summed E-state index contributed by atoms with van der Waals surface area (Å²) in [5.74, 6) is 0.951. The molecule has 0 heterocycles. The van der Waals surface area contributed by atoms with Gasteiger partial charge < -0.3 is 0 Å². The van der Waals surface area contributed by atoms with Crippen molar-refractivity contribution in [1.29, 1.82) is 0 Å². The molecule has 0 unspecified atom stereocenters. The molecule has 2 saturated carbocycles. The van der Waals surface area contributed by atoms with Gasteiger partial charge in [-0.05, 0) is 77.0 Å². The lowest BCUT2D eigenvalue weighted by molar-refractivity contribution is 0.228. The normalized spacial score (nSPS) is 25.5. The average molecular weight is 537 g/mol. The van der Waals surface area contributed by atoms with Crippen molar-refractivity contribution in [2.24, 2.45) is 22.7 Å². The van der Waals surface area contributed by atoms with Gasteiger partial charge >= 0.3 is 0 Å². The van der Waals surface area contributed by atoms with Crippen molar-refractivity contribution >= 4 is 0 Å². The quantitative estimate of drug-likeness (QED) is 0.192. The van der Waals surface area contributed by atoms with Crippen molar-refractivity contribution < 1.29 is 0 Å². The molecule has 0 aliphatic heterocycles. The van der Waals surface area contributed by atoms with Gasteiger partial charge in [-0.25, -0.2) is 0 Å². The Kier molecular flexibility index (Phi) is 13.2. The minimum absolute atomic E-state index is 0.311. The van der Waals surface area contributed by atoms with Gasteiger partial charge in [-0.3, -0.25) is 0 Å². The Bertz CT molecular complexity index is 1060. The van der Waals surface area contributed by atoms with Crippen LogP contribution in [-0.2, 0) is 0 Å². The van der Waals surface area contributed by atoms with Gasteiger partial charge in [0.05, 0.1) is 0 Å². The molecule has 0 aromatic carbocycles. The SMILES string of the molecule is C=C1CCCC(C)(C)[C@H]1/C=C/C(C)=C/C=C/C(C)=C/C=C/C=C(C)/C=C/C=C(C)/C=C/[C@H]1C(=C)CCCC1(C)C. The molecule has 2 aliphatic rings. The lowest BCUT2D eigenvalue weighted by Gasteiger charge is -2.38. The molecule has 216 valence electrons. The zero-order chi connectivity index (χ0) is 29.8. The summed E-state index contributed by atoms with van der Waals surface area (Å²) in [7, 11) is 0. The van der Waals surface area contributed by atoms with Crippen LogP contribution >= 0.6 is 0 Å². The number of rotatable bonds is 10. The summed E-state index contributed by atoms with van der Waals surface area (Å²) < 4.78 is 0. The van der Waals surface area contributed by atoms with Crippen molar-refractivity contribution in [3.63, 3.8) is 0 Å². The van der Waals surface area contributed by atoms with Crippen LogP contribution in [0.5, 0.6) is 0 Å². The molecule has 40 heavy (non-hydrogen) atoms. The van der Waals surface area contributed by atoms with E-state index < -0.39 is 0 Å². The third kappa shape index (κ3) is 11.3. The Hall–Kier alpha value is -2.86. The monoisotopic (exact) mass is 536 g/mol. The van der Waals surface area contributed by atoms with Crippen LogP contribution in [0, 0.1) is 22.7 Å². The first-order chi connectivity index (χ1) is 18.8. The highest BCUT2D eigenvalue weighted by atomic mass is 14.4. The fraction of sp³-hybridized carbons (Fsp3) is 0.450. The molecule has 2 aliphatic carbocycles. The maximum atomic E-state index is 4.34. The van der Waals surface area contributed by atoms with E-state index in [1.807, 2.05) is 0 Å². The van der Waals surface area contributed by atoms with Gasteiger partial charge in [-0.1, -0.05) is 159 Å². The lowest BCUT2D eigenvalue weighted by atomic mass is 9.66. The van der Waals surface area contributed by atoms with Gasteiger partial charge in [0.25, 0.3) is 0 Å². The summed E-state index contributed by atoms with van der Waals surface area (Å²) >= 11 is 0. The van der Waals surface area contributed by atoms with Crippen LogP contribution in [0.3, 0.4) is 0 Å². The van der Waals surface area contributed by atoms with Crippen molar-refractivity contribution in [2.45, 2.75) is 93.9 Å². The van der Waals surface area contributed by atoms with Crippen molar-refractivity contribution in [3.05, 3.63) is 132 Å². The maximum Gasteiger partial charge on any atom is 0.00285 e. The summed E-state index contributed by atoms with van der Waals surface area (Å²) in [5.41, 5.74) is 8.36. The van der Waals surface area contributed by atoms with E-state index in [-0.39, 0.29) is 0 Å². The topological polar surface area (TPSA) is 0 Å². The zero-order valence-corrected chi connectivity index (χ0v) is 26.9. The fourth-order valence-electron chi connectivity index (χ4n) is 5.90. The second-order valence-corrected chi connectivity index (χ2v) is 13.4. The Morgan fingerprint density at radius 1 is 0.550 bits per heavy atom. The van der Waals surface area contributed by atoms with E-state index in [1.54, 1.807) is 0 Å². The zero-order valence-electron chi connectivity index (χ0n) is 26.9. The number of hydrogen-bond donors (Lipinski definition) is 0. The molecular formula is C40H56. The van der Waals surface area contributed by atoms with Crippen LogP contribution in [0.15, 0.2) is 132 Å². The van der Waals surface area contributed by atoms with Crippen molar-refractivity contribution in [3.8, 4) is 0 Å². The van der Waals surface area contributed by atoms with E-state index in [2.05, 4.69) is 154 Å². The van der Waals surface area contributed by atoms with E-state index >= 15 is 0 Å². The summed E-state index contributed by atoms with van der Waals surface area (Å²) in [5, 5.41) is 0. The fourth-order valence-corrected chi connectivity index (χ4v) is 5.90. The summed E-state index contributed by atoms with van der Waals surface area (Å²) in [4.78, 5) is 0. The van der Waals surface area contributed by atoms with E-state index in [9.17, 15) is 0 Å². The van der Waals surface area contributed by atoms with Crippen molar-refractivity contribution in [2.75, 3.05) is 0 Å². The van der Waals surface area contributed by atoms with Gasteiger partial charge in [-0.15, -0.1) is 0 Å². The molecule has 2 atom stereocenters. The Morgan fingerprint density at radius 2 is 0.875 bits per heavy atom. The number of hydrogen-bond acceptors (Lipinski definition) is 0. The molecule has 0 radical (unpaired) electrons. The third-order valence-electron chi connectivity index (χ3n) is 8.57. The predicted molar refractivity (Wildman–Crippen MR) is 181 cm³/mol. The Labute approximate surface area is 247 Å². The minimum atomic E-state index is 0.311. The van der Waals surface area contributed by atoms with Crippen LogP contribution in [-0.4, -0.2) is 0 Å². The van der Waals surface area contributed by atoms with Gasteiger partial charge in [0.2, 0.25) is 0 Å². The van der Waals surface area contributed by atoms with Crippen LogP contribution < -0.4 is 0 Å². The van der Waals surface area contributed by atoms with E-state index in [0.717, 1.165) is 12.8 Å². The van der Waals surface area contributed by atoms with E-state index in [0.29, 0.717) is 22.7 Å². The van der Waals surface area contributed by atoms with Gasteiger partial charge in [0.15, 0.2) is 0 Å². The van der Waals surface area contributed by atoms with Gasteiger partial charge in [0, 0.05) is 11.8 Å². The second kappa shape index (κ2) is 15.8. The molecule has 0 aromatic heterocycles. The highest BCUT2D eigenvalue weighted by molar-refractivity contribution is 5.33. The molecule has 0 spiro atoms. The highest BCUT2D eigenvalue weighted by Crippen LogP contribution is 2.44. The Balaban J connectivity index is 1.86. The lowest BCUT2D eigenvalue weighted by Crippen LogP contribution is -2.27. The maximum absolute atomic E-state index is 4.34. The molecular weight excluding hydrogens is 480 g/mol. The van der Waals surface area contributed by atoms with Gasteiger partial charge in [0.1, 0.15) is 0 Å². The summed E-state index contributed by atoms with van der Waals surface area (Å²) in [6, 6.07) is 0.